The van der Waals surface area contributed by atoms with Gasteiger partial charge in [-0.05, 0) is 42.4 Å². The summed E-state index contributed by atoms with van der Waals surface area (Å²) in [4.78, 5) is 0. The van der Waals surface area contributed by atoms with Crippen molar-refractivity contribution in [2.45, 2.75) is 39.5 Å². The second-order valence-electron chi connectivity index (χ2n) is 3.98. The van der Waals surface area contributed by atoms with Gasteiger partial charge in [0.1, 0.15) is 0 Å². The van der Waals surface area contributed by atoms with E-state index in [1.54, 1.807) is 11.5 Å². The molecule has 1 aliphatic carbocycles. The monoisotopic (exact) mass is 173 g/mol. The van der Waals surface area contributed by atoms with Gasteiger partial charge in [-0.2, -0.15) is 0 Å². The Hall–Kier alpha value is -0.780. The largest absolute Gasteiger partial charge is 0.0613 e. The predicted molar refractivity (Wildman–Crippen MR) is 56.8 cm³/mol. The van der Waals surface area contributed by atoms with Crippen molar-refractivity contribution in [3.05, 3.63) is 40.8 Å². The van der Waals surface area contributed by atoms with Crippen LogP contribution >= 0.6 is 0 Å². The first kappa shape index (κ1) is 8.80. The van der Waals surface area contributed by atoms with Crippen molar-refractivity contribution < 1.29 is 0 Å². The van der Waals surface area contributed by atoms with Gasteiger partial charge in [0.15, 0.2) is 0 Å². The van der Waals surface area contributed by atoms with Gasteiger partial charge in [-0.3, -0.25) is 0 Å². The smallest absolute Gasteiger partial charge is 0.00219 e. The van der Waals surface area contributed by atoms with E-state index in [-0.39, 0.29) is 0 Å². The summed E-state index contributed by atoms with van der Waals surface area (Å²) in [6.07, 6.45) is 5.06. The molecule has 0 aliphatic heterocycles. The summed E-state index contributed by atoms with van der Waals surface area (Å²) < 4.78 is 0. The molecular formula is C13H17. The average Bonchev–Trinajstić information content (AvgIpc) is 2.18. The Morgan fingerprint density at radius 1 is 1.23 bits per heavy atom. The zero-order chi connectivity index (χ0) is 9.26. The van der Waals surface area contributed by atoms with Crippen molar-refractivity contribution in [3.8, 4) is 0 Å². The summed E-state index contributed by atoms with van der Waals surface area (Å²) in [5.41, 5.74) is 4.56. The second-order valence-corrected chi connectivity index (χ2v) is 3.98. The predicted octanol–water partition coefficient (Wildman–Crippen LogP) is 3.53. The quantitative estimate of drug-likeness (QED) is 0.609. The summed E-state index contributed by atoms with van der Waals surface area (Å²) >= 11 is 0. The molecular weight excluding hydrogens is 156 g/mol. The lowest BCUT2D eigenvalue weighted by Gasteiger charge is -2.22. The van der Waals surface area contributed by atoms with E-state index in [0.717, 1.165) is 6.42 Å². The first-order valence-corrected chi connectivity index (χ1v) is 5.26. The van der Waals surface area contributed by atoms with Crippen LogP contribution in [0.1, 0.15) is 43.4 Å². The minimum absolute atomic E-state index is 1.15. The van der Waals surface area contributed by atoms with Crippen LogP contribution < -0.4 is 0 Å². The molecule has 0 saturated carbocycles. The van der Waals surface area contributed by atoms with Crippen LogP contribution in [0.25, 0.3) is 0 Å². The molecule has 0 spiro atoms. The summed E-state index contributed by atoms with van der Waals surface area (Å²) in [5.74, 6) is 1.58. The standard InChI is InChI=1S/C13H17/c1-3-11-7-8-12-6-4-5-10(2)13(12)9-11/h7-9H,3-6H2,1-2H3. The molecule has 69 valence electrons. The fraction of sp³-hybridized carbons (Fsp3) is 0.462. The van der Waals surface area contributed by atoms with Gasteiger partial charge in [0.25, 0.3) is 0 Å². The Morgan fingerprint density at radius 3 is 2.85 bits per heavy atom. The number of fused-ring (bicyclic) bond motifs is 1. The van der Waals surface area contributed by atoms with Crippen LogP contribution in [0.15, 0.2) is 18.2 Å². The van der Waals surface area contributed by atoms with Gasteiger partial charge in [-0.1, -0.05) is 32.0 Å². The Labute approximate surface area is 81.0 Å². The highest BCUT2D eigenvalue weighted by molar-refractivity contribution is 5.42. The van der Waals surface area contributed by atoms with E-state index in [0.29, 0.717) is 0 Å². The van der Waals surface area contributed by atoms with Gasteiger partial charge in [0.05, 0.1) is 0 Å². The van der Waals surface area contributed by atoms with Gasteiger partial charge < -0.3 is 0 Å². The van der Waals surface area contributed by atoms with Gasteiger partial charge in [0, 0.05) is 5.92 Å². The summed E-state index contributed by atoms with van der Waals surface area (Å²) in [6.45, 7) is 4.50. The maximum atomic E-state index is 2.38. The van der Waals surface area contributed by atoms with Crippen LogP contribution in [0.2, 0.25) is 0 Å². The lowest BCUT2D eigenvalue weighted by Crippen LogP contribution is -2.07. The van der Waals surface area contributed by atoms with Crippen molar-refractivity contribution in [2.75, 3.05) is 0 Å². The highest BCUT2D eigenvalue weighted by atomic mass is 14.2. The van der Waals surface area contributed by atoms with Crippen LogP contribution in [0, 0.1) is 5.92 Å². The molecule has 0 bridgehead atoms. The third kappa shape index (κ3) is 1.63. The van der Waals surface area contributed by atoms with Gasteiger partial charge >= 0.3 is 0 Å². The van der Waals surface area contributed by atoms with Gasteiger partial charge in [-0.25, -0.2) is 0 Å². The zero-order valence-electron chi connectivity index (χ0n) is 8.56. The SMILES string of the molecule is CCc1ccc2c(c1)[C](C)CCC2. The highest BCUT2D eigenvalue weighted by Gasteiger charge is 2.16. The van der Waals surface area contributed by atoms with E-state index in [2.05, 4.69) is 32.0 Å². The first-order valence-electron chi connectivity index (χ1n) is 5.26. The lowest BCUT2D eigenvalue weighted by atomic mass is 9.83. The van der Waals surface area contributed by atoms with Gasteiger partial charge in [-0.15, -0.1) is 0 Å². The summed E-state index contributed by atoms with van der Waals surface area (Å²) in [7, 11) is 0. The maximum absolute atomic E-state index is 2.38. The fourth-order valence-corrected chi connectivity index (χ4v) is 2.14. The van der Waals surface area contributed by atoms with Gasteiger partial charge in [0.2, 0.25) is 0 Å². The number of hydrogen-bond donors (Lipinski definition) is 0. The van der Waals surface area contributed by atoms with E-state index in [1.807, 2.05) is 0 Å². The molecule has 0 amide bonds. The summed E-state index contributed by atoms with van der Waals surface area (Å²) in [6, 6.07) is 6.97. The van der Waals surface area contributed by atoms with E-state index in [4.69, 9.17) is 0 Å². The molecule has 2 rings (SSSR count). The van der Waals surface area contributed by atoms with E-state index in [1.165, 1.54) is 30.4 Å². The van der Waals surface area contributed by atoms with Crippen LogP contribution in [0.4, 0.5) is 0 Å². The molecule has 13 heavy (non-hydrogen) atoms. The fourth-order valence-electron chi connectivity index (χ4n) is 2.14. The molecule has 1 radical (unpaired) electrons. The van der Waals surface area contributed by atoms with Crippen molar-refractivity contribution in [1.29, 1.82) is 0 Å². The third-order valence-corrected chi connectivity index (χ3v) is 3.04. The number of hydrogen-bond acceptors (Lipinski definition) is 0. The van der Waals surface area contributed by atoms with Crippen LogP contribution in [-0.2, 0) is 12.8 Å². The van der Waals surface area contributed by atoms with E-state index >= 15 is 0 Å². The Kier molecular flexibility index (Phi) is 2.39. The average molecular weight is 173 g/mol. The first-order chi connectivity index (χ1) is 6.31. The Bertz CT molecular complexity index is 299. The molecule has 0 fully saturated rings. The molecule has 0 nitrogen and oxygen atoms in total. The normalized spacial score (nSPS) is 17.1. The minimum Gasteiger partial charge on any atom is -0.0613 e. The molecule has 1 aromatic carbocycles. The molecule has 0 unspecified atom stereocenters. The van der Waals surface area contributed by atoms with E-state index in [9.17, 15) is 0 Å². The molecule has 0 heterocycles. The van der Waals surface area contributed by atoms with E-state index < -0.39 is 0 Å². The molecule has 1 aliphatic rings. The molecule has 0 atom stereocenters. The number of rotatable bonds is 1. The van der Waals surface area contributed by atoms with Crippen molar-refractivity contribution in [1.82, 2.24) is 0 Å². The second kappa shape index (κ2) is 3.53. The van der Waals surface area contributed by atoms with Crippen LogP contribution in [0.3, 0.4) is 0 Å². The van der Waals surface area contributed by atoms with Crippen LogP contribution in [0.5, 0.6) is 0 Å². The Morgan fingerprint density at radius 2 is 2.08 bits per heavy atom. The lowest BCUT2D eigenvalue weighted by molar-refractivity contribution is 0.715. The number of benzene rings is 1. The molecule has 0 aromatic heterocycles. The third-order valence-electron chi connectivity index (χ3n) is 3.04. The zero-order valence-corrected chi connectivity index (χ0v) is 8.56. The van der Waals surface area contributed by atoms with Crippen molar-refractivity contribution in [2.24, 2.45) is 0 Å². The maximum Gasteiger partial charge on any atom is 0.00219 e. The minimum atomic E-state index is 1.15. The molecule has 0 N–H and O–H groups in total. The Balaban J connectivity index is 2.41. The molecule has 1 aromatic rings. The molecule has 0 saturated heterocycles. The van der Waals surface area contributed by atoms with Crippen molar-refractivity contribution >= 4 is 0 Å². The topological polar surface area (TPSA) is 0 Å². The highest BCUT2D eigenvalue weighted by Crippen LogP contribution is 2.30. The van der Waals surface area contributed by atoms with Crippen LogP contribution in [-0.4, -0.2) is 0 Å². The summed E-state index contributed by atoms with van der Waals surface area (Å²) in [5, 5.41) is 0. The van der Waals surface area contributed by atoms with Crippen molar-refractivity contribution in [3.63, 3.8) is 0 Å². The molecule has 0 heteroatoms. The number of aryl methyl sites for hydroxylation is 2.